The Morgan fingerprint density at radius 2 is 2.11 bits per heavy atom. The molecular formula is C13H24N4S. The minimum atomic E-state index is 0.518. The van der Waals surface area contributed by atoms with E-state index in [4.69, 9.17) is 0 Å². The maximum atomic E-state index is 4.62. The summed E-state index contributed by atoms with van der Waals surface area (Å²) in [6, 6.07) is 2.53. The van der Waals surface area contributed by atoms with Gasteiger partial charge in [0.1, 0.15) is 17.5 Å². The summed E-state index contributed by atoms with van der Waals surface area (Å²) in [6.07, 6.45) is 4.13. The van der Waals surface area contributed by atoms with Gasteiger partial charge in [-0.25, -0.2) is 9.97 Å². The van der Waals surface area contributed by atoms with Crippen LogP contribution in [0.15, 0.2) is 6.07 Å². The second-order valence-corrected chi connectivity index (χ2v) is 5.17. The smallest absolute Gasteiger partial charge is 0.134 e. The molecule has 0 bridgehead atoms. The van der Waals surface area contributed by atoms with E-state index in [2.05, 4.69) is 47.3 Å². The van der Waals surface area contributed by atoms with Crippen LogP contribution in [0.4, 0.5) is 11.6 Å². The highest BCUT2D eigenvalue weighted by molar-refractivity contribution is 7.98. The van der Waals surface area contributed by atoms with Crippen LogP contribution in [0.5, 0.6) is 0 Å². The molecule has 1 aromatic rings. The first-order valence-corrected chi connectivity index (χ1v) is 7.83. The van der Waals surface area contributed by atoms with Crippen molar-refractivity contribution in [3.05, 3.63) is 11.9 Å². The van der Waals surface area contributed by atoms with Crippen molar-refractivity contribution in [3.63, 3.8) is 0 Å². The van der Waals surface area contributed by atoms with Crippen LogP contribution in [-0.2, 0) is 6.42 Å². The summed E-state index contributed by atoms with van der Waals surface area (Å²) in [6.45, 7) is 4.30. The fourth-order valence-corrected chi connectivity index (χ4v) is 2.68. The van der Waals surface area contributed by atoms with Gasteiger partial charge >= 0.3 is 0 Å². The highest BCUT2D eigenvalue weighted by atomic mass is 32.2. The van der Waals surface area contributed by atoms with Crippen LogP contribution in [-0.4, -0.2) is 42.1 Å². The van der Waals surface area contributed by atoms with Crippen LogP contribution in [0.1, 0.15) is 26.1 Å². The SMILES string of the molecule is CCc1nc(NC)cc(N(C)C(CC)CSC)n1. The quantitative estimate of drug-likeness (QED) is 0.823. The average molecular weight is 268 g/mol. The Hall–Kier alpha value is -0.970. The lowest BCUT2D eigenvalue weighted by atomic mass is 10.2. The van der Waals surface area contributed by atoms with Gasteiger partial charge in [0.25, 0.3) is 0 Å². The van der Waals surface area contributed by atoms with E-state index in [9.17, 15) is 0 Å². The fraction of sp³-hybridized carbons (Fsp3) is 0.692. The molecule has 1 N–H and O–H groups in total. The Balaban J connectivity index is 2.98. The molecule has 1 unspecified atom stereocenters. The van der Waals surface area contributed by atoms with E-state index in [0.717, 1.165) is 36.1 Å². The molecule has 18 heavy (non-hydrogen) atoms. The van der Waals surface area contributed by atoms with E-state index in [1.165, 1.54) is 0 Å². The maximum absolute atomic E-state index is 4.62. The third kappa shape index (κ3) is 3.77. The van der Waals surface area contributed by atoms with Crippen LogP contribution >= 0.6 is 11.8 Å². The second kappa shape index (κ2) is 7.46. The minimum Gasteiger partial charge on any atom is -0.373 e. The number of thioether (sulfide) groups is 1. The van der Waals surface area contributed by atoms with Crippen molar-refractivity contribution in [2.75, 3.05) is 36.3 Å². The lowest BCUT2D eigenvalue weighted by Crippen LogP contribution is -2.34. The number of aromatic nitrogens is 2. The van der Waals surface area contributed by atoms with Crippen molar-refractivity contribution in [3.8, 4) is 0 Å². The normalized spacial score (nSPS) is 12.3. The van der Waals surface area contributed by atoms with Crippen molar-refractivity contribution < 1.29 is 0 Å². The molecule has 0 fully saturated rings. The summed E-state index contributed by atoms with van der Waals surface area (Å²) >= 11 is 1.88. The lowest BCUT2D eigenvalue weighted by Gasteiger charge is -2.28. The Bertz CT molecular complexity index is 348. The molecule has 1 atom stereocenters. The first-order valence-electron chi connectivity index (χ1n) is 6.43. The molecule has 0 amide bonds. The van der Waals surface area contributed by atoms with E-state index in [1.54, 1.807) is 0 Å². The molecule has 4 nitrogen and oxygen atoms in total. The zero-order valence-electron chi connectivity index (χ0n) is 12.0. The molecule has 0 radical (unpaired) electrons. The summed E-state index contributed by atoms with van der Waals surface area (Å²) in [5.41, 5.74) is 0. The Morgan fingerprint density at radius 3 is 2.61 bits per heavy atom. The summed E-state index contributed by atoms with van der Waals surface area (Å²) < 4.78 is 0. The van der Waals surface area contributed by atoms with Gasteiger partial charge in [-0.15, -0.1) is 0 Å². The number of aryl methyl sites for hydroxylation is 1. The van der Waals surface area contributed by atoms with Gasteiger partial charge in [0.05, 0.1) is 0 Å². The highest BCUT2D eigenvalue weighted by Gasteiger charge is 2.15. The highest BCUT2D eigenvalue weighted by Crippen LogP contribution is 2.19. The molecule has 102 valence electrons. The van der Waals surface area contributed by atoms with Gasteiger partial charge in [0.2, 0.25) is 0 Å². The molecular weight excluding hydrogens is 244 g/mol. The van der Waals surface area contributed by atoms with Crippen molar-refractivity contribution >= 4 is 23.4 Å². The van der Waals surface area contributed by atoms with Gasteiger partial charge in [-0.2, -0.15) is 11.8 Å². The van der Waals surface area contributed by atoms with Gasteiger partial charge in [-0.1, -0.05) is 13.8 Å². The van der Waals surface area contributed by atoms with E-state index in [1.807, 2.05) is 24.9 Å². The predicted molar refractivity (Wildman–Crippen MR) is 81.8 cm³/mol. The van der Waals surface area contributed by atoms with Crippen molar-refractivity contribution in [2.45, 2.75) is 32.7 Å². The van der Waals surface area contributed by atoms with E-state index in [-0.39, 0.29) is 0 Å². The average Bonchev–Trinajstić information content (AvgIpc) is 2.43. The zero-order valence-corrected chi connectivity index (χ0v) is 12.8. The molecule has 0 aromatic carbocycles. The molecule has 0 aliphatic rings. The first-order chi connectivity index (χ1) is 8.65. The first kappa shape index (κ1) is 15.1. The summed E-state index contributed by atoms with van der Waals surface area (Å²) in [5.74, 6) is 3.91. The summed E-state index contributed by atoms with van der Waals surface area (Å²) in [5, 5.41) is 3.10. The standard InChI is InChI=1S/C13H24N4S/c1-6-10(9-18-5)17(4)13-8-12(14-3)15-11(7-2)16-13/h8,10H,6-7,9H2,1-5H3,(H,14,15,16). The van der Waals surface area contributed by atoms with E-state index >= 15 is 0 Å². The molecule has 1 aromatic heterocycles. The second-order valence-electron chi connectivity index (χ2n) is 4.26. The van der Waals surface area contributed by atoms with Crippen LogP contribution in [0.3, 0.4) is 0 Å². The summed E-state index contributed by atoms with van der Waals surface area (Å²) in [7, 11) is 4.01. The van der Waals surface area contributed by atoms with Gasteiger partial charge in [-0.05, 0) is 12.7 Å². The molecule has 0 aliphatic carbocycles. The minimum absolute atomic E-state index is 0.518. The third-order valence-electron chi connectivity index (χ3n) is 3.07. The largest absolute Gasteiger partial charge is 0.373 e. The molecule has 0 aliphatic heterocycles. The monoisotopic (exact) mass is 268 g/mol. The van der Waals surface area contributed by atoms with Crippen molar-refractivity contribution in [2.24, 2.45) is 0 Å². The zero-order chi connectivity index (χ0) is 13.5. The molecule has 0 saturated carbocycles. The number of hydrogen-bond acceptors (Lipinski definition) is 5. The van der Waals surface area contributed by atoms with Gasteiger partial charge in [0.15, 0.2) is 0 Å². The molecule has 1 heterocycles. The number of hydrogen-bond donors (Lipinski definition) is 1. The van der Waals surface area contributed by atoms with Crippen LogP contribution in [0, 0.1) is 0 Å². The fourth-order valence-electron chi connectivity index (χ4n) is 1.83. The summed E-state index contributed by atoms with van der Waals surface area (Å²) in [4.78, 5) is 11.3. The number of nitrogens with zero attached hydrogens (tertiary/aromatic N) is 3. The number of nitrogens with one attached hydrogen (secondary N) is 1. The molecule has 1 rings (SSSR count). The maximum Gasteiger partial charge on any atom is 0.134 e. The predicted octanol–water partition coefficient (Wildman–Crippen LogP) is 2.66. The van der Waals surface area contributed by atoms with Crippen LogP contribution in [0.2, 0.25) is 0 Å². The Morgan fingerprint density at radius 1 is 1.39 bits per heavy atom. The van der Waals surface area contributed by atoms with Gasteiger partial charge in [-0.3, -0.25) is 0 Å². The Labute approximate surface area is 115 Å². The van der Waals surface area contributed by atoms with E-state index in [0.29, 0.717) is 6.04 Å². The van der Waals surface area contributed by atoms with Gasteiger partial charge < -0.3 is 10.2 Å². The topological polar surface area (TPSA) is 41.1 Å². The van der Waals surface area contributed by atoms with E-state index < -0.39 is 0 Å². The lowest BCUT2D eigenvalue weighted by molar-refractivity contribution is 0.663. The number of anilines is 2. The molecule has 5 heteroatoms. The number of rotatable bonds is 7. The van der Waals surface area contributed by atoms with Crippen molar-refractivity contribution in [1.29, 1.82) is 0 Å². The molecule has 0 saturated heterocycles. The van der Waals surface area contributed by atoms with Crippen molar-refractivity contribution in [1.82, 2.24) is 9.97 Å². The third-order valence-corrected chi connectivity index (χ3v) is 3.79. The molecule has 0 spiro atoms. The van der Waals surface area contributed by atoms with Crippen LogP contribution in [0.25, 0.3) is 0 Å². The Kier molecular flexibility index (Phi) is 6.25. The van der Waals surface area contributed by atoms with Crippen LogP contribution < -0.4 is 10.2 Å². The van der Waals surface area contributed by atoms with Gasteiger partial charge in [0, 0.05) is 38.4 Å².